The van der Waals surface area contributed by atoms with Gasteiger partial charge in [0, 0.05) is 66.7 Å². The van der Waals surface area contributed by atoms with Crippen LogP contribution in [0.2, 0.25) is 0 Å². The van der Waals surface area contributed by atoms with Gasteiger partial charge in [-0.1, -0.05) is 66.7 Å². The summed E-state index contributed by atoms with van der Waals surface area (Å²) in [6.45, 7) is 3.16. The van der Waals surface area contributed by atoms with Crippen molar-refractivity contribution in [1.82, 2.24) is 29.8 Å². The molecule has 0 unspecified atom stereocenters. The third-order valence-electron chi connectivity index (χ3n) is 11.7. The molecule has 63 heavy (non-hydrogen) atoms. The Morgan fingerprint density at radius 1 is 0.651 bits per heavy atom. The van der Waals surface area contributed by atoms with Gasteiger partial charge in [-0.25, -0.2) is 38.1 Å². The second kappa shape index (κ2) is 20.6. The molecule has 9 rings (SSSR count). The van der Waals surface area contributed by atoms with Crippen molar-refractivity contribution in [2.24, 2.45) is 0 Å². The van der Waals surface area contributed by atoms with Crippen LogP contribution in [0.1, 0.15) is 31.2 Å². The zero-order valence-corrected chi connectivity index (χ0v) is 36.4. The second-order valence-electron chi connectivity index (χ2n) is 15.5. The van der Waals surface area contributed by atoms with Crippen molar-refractivity contribution in [3.63, 3.8) is 0 Å². The number of nitrogens with one attached hydrogen (secondary N) is 1. The lowest BCUT2D eigenvalue weighted by Crippen LogP contribution is -2.55. The Bertz CT molecular complexity index is 2650. The normalized spacial score (nSPS) is 15.0. The number of halogens is 5. The van der Waals surface area contributed by atoms with Crippen molar-refractivity contribution in [2.75, 3.05) is 56.9 Å². The lowest BCUT2D eigenvalue weighted by atomic mass is 9.98. The third kappa shape index (κ3) is 9.92. The standard InChI is InChI=1S/C48H47F3N8O2.2ClH/c1-60-43-19-18-32(30-44(43)61-29-24-49)31-57-25-20-33(21-26-57)59(56-47-52-41-16-8-4-12-37(41)45(54-47)35-10-2-6-14-39(35)50)34-22-27-58(28-23-34)48-53-42-17-9-5-13-38(42)46(55-48)36-11-3-7-15-40(36)51;;/h2-19,30,33-34H,20-29,31H2,1H3,(H,52,54,56);2*1H. The Balaban J connectivity index is 0.00000298. The van der Waals surface area contributed by atoms with Gasteiger partial charge in [0.25, 0.3) is 0 Å². The predicted octanol–water partition coefficient (Wildman–Crippen LogP) is 10.3. The Morgan fingerprint density at radius 2 is 1.21 bits per heavy atom. The number of alkyl halides is 1. The highest BCUT2D eigenvalue weighted by Crippen LogP contribution is 2.35. The smallest absolute Gasteiger partial charge is 0.238 e. The van der Waals surface area contributed by atoms with Crippen LogP contribution in [-0.2, 0) is 6.54 Å². The zero-order valence-electron chi connectivity index (χ0n) is 34.8. The van der Waals surface area contributed by atoms with Gasteiger partial charge in [0.1, 0.15) is 24.9 Å². The van der Waals surface area contributed by atoms with Crippen LogP contribution in [0.25, 0.3) is 44.3 Å². The molecule has 0 atom stereocenters. The molecule has 0 bridgehead atoms. The first-order chi connectivity index (χ1) is 29.9. The van der Waals surface area contributed by atoms with Gasteiger partial charge >= 0.3 is 0 Å². The number of fused-ring (bicyclic) bond motifs is 2. The first-order valence-electron chi connectivity index (χ1n) is 20.9. The van der Waals surface area contributed by atoms with Crippen molar-refractivity contribution >= 4 is 58.5 Å². The summed E-state index contributed by atoms with van der Waals surface area (Å²) in [5.41, 5.74) is 8.20. The number of hydrogen-bond donors (Lipinski definition) is 1. The van der Waals surface area contributed by atoms with Crippen LogP contribution in [0, 0.1) is 11.6 Å². The number of benzene rings is 5. The highest BCUT2D eigenvalue weighted by atomic mass is 35.5. The van der Waals surface area contributed by atoms with Crippen LogP contribution in [0.3, 0.4) is 0 Å². The summed E-state index contributed by atoms with van der Waals surface area (Å²) in [5, 5.41) is 3.91. The molecule has 2 aliphatic heterocycles. The summed E-state index contributed by atoms with van der Waals surface area (Å²) in [6.07, 6.45) is 3.34. The van der Waals surface area contributed by atoms with Crippen molar-refractivity contribution in [1.29, 1.82) is 0 Å². The van der Waals surface area contributed by atoms with Crippen LogP contribution < -0.4 is 19.8 Å². The number of hydrazine groups is 1. The van der Waals surface area contributed by atoms with Crippen molar-refractivity contribution in [3.8, 4) is 34.0 Å². The number of rotatable bonds is 13. The molecular weight excluding hydrogens is 848 g/mol. The lowest BCUT2D eigenvalue weighted by Gasteiger charge is -2.45. The fraction of sp³-hybridized carbons (Fsp3) is 0.292. The van der Waals surface area contributed by atoms with Gasteiger partial charge < -0.3 is 14.4 Å². The molecule has 5 aromatic carbocycles. The molecule has 15 heteroatoms. The van der Waals surface area contributed by atoms with Crippen LogP contribution >= 0.6 is 24.8 Å². The number of para-hydroxylation sites is 2. The molecule has 2 fully saturated rings. The topological polar surface area (TPSA) is 91.8 Å². The van der Waals surface area contributed by atoms with Gasteiger partial charge in [-0.3, -0.25) is 10.3 Å². The van der Waals surface area contributed by atoms with Gasteiger partial charge in [0.2, 0.25) is 11.9 Å². The molecule has 328 valence electrons. The van der Waals surface area contributed by atoms with Crippen molar-refractivity contribution < 1.29 is 22.6 Å². The number of hydrogen-bond acceptors (Lipinski definition) is 10. The van der Waals surface area contributed by atoms with E-state index in [0.717, 1.165) is 72.7 Å². The van der Waals surface area contributed by atoms with Gasteiger partial charge in [-0.05, 0) is 79.8 Å². The van der Waals surface area contributed by atoms with Crippen molar-refractivity contribution in [3.05, 3.63) is 132 Å². The minimum atomic E-state index is -0.577. The van der Waals surface area contributed by atoms with Gasteiger partial charge in [-0.15, -0.1) is 24.8 Å². The number of nitrogens with zero attached hydrogens (tertiary/aromatic N) is 7. The number of aromatic nitrogens is 4. The maximum Gasteiger partial charge on any atom is 0.238 e. The summed E-state index contributed by atoms with van der Waals surface area (Å²) in [4.78, 5) is 24.5. The Morgan fingerprint density at radius 3 is 1.81 bits per heavy atom. The van der Waals surface area contributed by atoms with E-state index in [1.54, 1.807) is 31.4 Å². The minimum absolute atomic E-state index is 0. The molecule has 1 N–H and O–H groups in total. The molecule has 0 radical (unpaired) electrons. The molecule has 0 aliphatic carbocycles. The number of methoxy groups -OCH3 is 1. The van der Waals surface area contributed by atoms with Crippen LogP contribution in [0.4, 0.5) is 25.1 Å². The molecule has 2 aliphatic rings. The molecule has 4 heterocycles. The zero-order chi connectivity index (χ0) is 41.7. The second-order valence-corrected chi connectivity index (χ2v) is 15.5. The van der Waals surface area contributed by atoms with Gasteiger partial charge in [0.15, 0.2) is 11.5 Å². The number of piperidine rings is 2. The van der Waals surface area contributed by atoms with Gasteiger partial charge in [0.05, 0.1) is 29.5 Å². The molecular formula is C48H49Cl2F3N8O2. The largest absolute Gasteiger partial charge is 0.493 e. The molecule has 10 nitrogen and oxygen atoms in total. The van der Waals surface area contributed by atoms with E-state index >= 15 is 8.78 Å². The molecule has 2 aromatic heterocycles. The Kier molecular flexibility index (Phi) is 14.8. The average Bonchev–Trinajstić information content (AvgIpc) is 3.30. The predicted molar refractivity (Wildman–Crippen MR) is 248 cm³/mol. The van der Waals surface area contributed by atoms with E-state index in [2.05, 4.69) is 20.2 Å². The van der Waals surface area contributed by atoms with E-state index in [-0.39, 0.29) is 55.1 Å². The monoisotopic (exact) mass is 896 g/mol. The first kappa shape index (κ1) is 45.3. The van der Waals surface area contributed by atoms with E-state index < -0.39 is 6.67 Å². The number of likely N-dealkylation sites (tertiary alicyclic amines) is 1. The Hall–Kier alpha value is -5.73. The molecule has 7 aromatic rings. The average molecular weight is 898 g/mol. The van der Waals surface area contributed by atoms with E-state index in [1.807, 2.05) is 78.9 Å². The highest BCUT2D eigenvalue weighted by molar-refractivity contribution is 5.94. The maximum absolute atomic E-state index is 15.3. The lowest BCUT2D eigenvalue weighted by molar-refractivity contribution is 0.0808. The SMILES string of the molecule is COc1ccc(CN2CCC(N(Nc3nc(-c4ccccc4F)c4ccccc4n3)C3CCN(c4nc(-c5ccccc5F)c5ccccc5n4)CC3)CC2)cc1OCCF.Cl.Cl. The van der Waals surface area contributed by atoms with Crippen molar-refractivity contribution in [2.45, 2.75) is 44.3 Å². The molecule has 0 amide bonds. The first-order valence-corrected chi connectivity index (χ1v) is 20.9. The third-order valence-corrected chi connectivity index (χ3v) is 11.7. The maximum atomic E-state index is 15.3. The summed E-state index contributed by atoms with van der Waals surface area (Å²) in [6, 6.07) is 35.0. The quantitative estimate of drug-likeness (QED) is 0.113. The highest BCUT2D eigenvalue weighted by Gasteiger charge is 2.34. The molecule has 0 spiro atoms. The fourth-order valence-corrected chi connectivity index (χ4v) is 8.68. The summed E-state index contributed by atoms with van der Waals surface area (Å²) in [5.74, 6) is 1.43. The number of anilines is 2. The minimum Gasteiger partial charge on any atom is -0.493 e. The van der Waals surface area contributed by atoms with E-state index in [9.17, 15) is 4.39 Å². The summed E-state index contributed by atoms with van der Waals surface area (Å²) in [7, 11) is 1.58. The van der Waals surface area contributed by atoms with Crippen LogP contribution in [0.5, 0.6) is 11.5 Å². The molecule has 2 saturated heterocycles. The van der Waals surface area contributed by atoms with Gasteiger partial charge in [-0.2, -0.15) is 0 Å². The Labute approximate surface area is 377 Å². The number of ether oxygens (including phenoxy) is 2. The van der Waals surface area contributed by atoms with E-state index in [1.165, 1.54) is 12.1 Å². The van der Waals surface area contributed by atoms with E-state index in [0.29, 0.717) is 59.0 Å². The van der Waals surface area contributed by atoms with Crippen LogP contribution in [-0.4, -0.2) is 88.5 Å². The van der Waals surface area contributed by atoms with Crippen LogP contribution in [0.15, 0.2) is 115 Å². The summed E-state index contributed by atoms with van der Waals surface area (Å²) >= 11 is 0. The molecule has 0 saturated carbocycles. The summed E-state index contributed by atoms with van der Waals surface area (Å²) < 4.78 is 54.6. The fourth-order valence-electron chi connectivity index (χ4n) is 8.68. The van der Waals surface area contributed by atoms with E-state index in [4.69, 9.17) is 29.4 Å².